The third-order valence-electron chi connectivity index (χ3n) is 4.72. The minimum Gasteiger partial charge on any atom is -0.356 e. The van der Waals surface area contributed by atoms with Crippen molar-refractivity contribution in [1.29, 1.82) is 0 Å². The van der Waals surface area contributed by atoms with Crippen LogP contribution in [0.5, 0.6) is 0 Å². The molecular formula is C19H29FN4OS. The zero-order chi connectivity index (χ0) is 19.0. The molecule has 1 aliphatic rings. The fourth-order valence-electron chi connectivity index (χ4n) is 3.34. The monoisotopic (exact) mass is 380 g/mol. The molecule has 0 spiro atoms. The molecule has 0 saturated heterocycles. The second-order valence-corrected chi connectivity index (χ2v) is 8.01. The molecule has 0 radical (unpaired) electrons. The Hall–Kier alpha value is -1.76. The molecule has 1 aromatic rings. The summed E-state index contributed by atoms with van der Waals surface area (Å²) in [7, 11) is 5.38. The van der Waals surface area contributed by atoms with Gasteiger partial charge in [-0.2, -0.15) is 0 Å². The van der Waals surface area contributed by atoms with Gasteiger partial charge in [-0.05, 0) is 37.1 Å². The van der Waals surface area contributed by atoms with Crippen LogP contribution in [0.15, 0.2) is 34.2 Å². The standard InChI is InChI=1S/C19H29FN4OS/c1-21-18(22-12-13-26-16-8-6-15(20)7-9-16)23-14-19(10-4-5-11-19)17(25)24(2)3/h6-9H,4-5,10-14H2,1-3H3,(H2,21,22,23). The highest BCUT2D eigenvalue weighted by molar-refractivity contribution is 7.99. The molecule has 0 aliphatic heterocycles. The van der Waals surface area contributed by atoms with Gasteiger partial charge in [0.2, 0.25) is 5.91 Å². The first-order chi connectivity index (χ1) is 12.5. The normalized spacial score (nSPS) is 16.4. The van der Waals surface area contributed by atoms with Crippen molar-refractivity contribution in [2.24, 2.45) is 10.4 Å². The van der Waals surface area contributed by atoms with E-state index in [0.717, 1.165) is 42.9 Å². The number of amides is 1. The summed E-state index contributed by atoms with van der Waals surface area (Å²) in [6, 6.07) is 6.51. The third-order valence-corrected chi connectivity index (χ3v) is 5.73. The first-order valence-corrected chi connectivity index (χ1v) is 10.00. The maximum atomic E-state index is 12.9. The van der Waals surface area contributed by atoms with Gasteiger partial charge in [-0.1, -0.05) is 12.8 Å². The van der Waals surface area contributed by atoms with Gasteiger partial charge in [0.05, 0.1) is 5.41 Å². The van der Waals surface area contributed by atoms with Crippen molar-refractivity contribution in [3.63, 3.8) is 0 Å². The van der Waals surface area contributed by atoms with Crippen LogP contribution in [0.25, 0.3) is 0 Å². The SMILES string of the molecule is CN=C(NCCSc1ccc(F)cc1)NCC1(C(=O)N(C)C)CCCC1. The van der Waals surface area contributed by atoms with Crippen LogP contribution < -0.4 is 10.6 Å². The number of hydrogen-bond donors (Lipinski definition) is 2. The van der Waals surface area contributed by atoms with Gasteiger partial charge in [0.15, 0.2) is 5.96 Å². The van der Waals surface area contributed by atoms with Crippen molar-refractivity contribution in [3.05, 3.63) is 30.1 Å². The fraction of sp³-hybridized carbons (Fsp3) is 0.579. The van der Waals surface area contributed by atoms with Crippen LogP contribution in [0.1, 0.15) is 25.7 Å². The maximum absolute atomic E-state index is 12.9. The van der Waals surface area contributed by atoms with Crippen LogP contribution in [0.4, 0.5) is 4.39 Å². The number of carbonyl (C=O) groups excluding carboxylic acids is 1. The minimum atomic E-state index is -0.315. The average molecular weight is 381 g/mol. The maximum Gasteiger partial charge on any atom is 0.230 e. The van der Waals surface area contributed by atoms with Crippen LogP contribution in [-0.2, 0) is 4.79 Å². The zero-order valence-electron chi connectivity index (χ0n) is 15.8. The Morgan fingerprint density at radius 3 is 2.46 bits per heavy atom. The molecule has 0 bridgehead atoms. The van der Waals surface area contributed by atoms with E-state index in [-0.39, 0.29) is 17.1 Å². The molecule has 2 rings (SSSR count). The van der Waals surface area contributed by atoms with E-state index >= 15 is 0 Å². The van der Waals surface area contributed by atoms with Crippen molar-refractivity contribution in [2.45, 2.75) is 30.6 Å². The lowest BCUT2D eigenvalue weighted by molar-refractivity contribution is -0.138. The number of benzene rings is 1. The minimum absolute atomic E-state index is 0.199. The summed E-state index contributed by atoms with van der Waals surface area (Å²) >= 11 is 1.66. The number of guanidine groups is 1. The molecule has 1 amide bonds. The zero-order valence-corrected chi connectivity index (χ0v) is 16.7. The second-order valence-electron chi connectivity index (χ2n) is 6.84. The van der Waals surface area contributed by atoms with Crippen molar-refractivity contribution < 1.29 is 9.18 Å². The van der Waals surface area contributed by atoms with Crippen molar-refractivity contribution in [2.75, 3.05) is 40.0 Å². The highest BCUT2D eigenvalue weighted by Crippen LogP contribution is 2.38. The molecule has 1 saturated carbocycles. The molecule has 1 aromatic carbocycles. The lowest BCUT2D eigenvalue weighted by Crippen LogP contribution is -2.49. The van der Waals surface area contributed by atoms with Gasteiger partial charge in [-0.3, -0.25) is 9.79 Å². The Bertz CT molecular complexity index is 612. The number of rotatable bonds is 7. The summed E-state index contributed by atoms with van der Waals surface area (Å²) in [6.45, 7) is 1.34. The molecule has 1 aliphatic carbocycles. The Morgan fingerprint density at radius 2 is 1.88 bits per heavy atom. The third kappa shape index (κ3) is 5.62. The predicted molar refractivity (Wildman–Crippen MR) is 106 cm³/mol. The second kappa shape index (κ2) is 9.80. The molecule has 0 atom stereocenters. The van der Waals surface area contributed by atoms with E-state index < -0.39 is 0 Å². The summed E-state index contributed by atoms with van der Waals surface area (Å²) in [6.07, 6.45) is 4.05. The molecule has 2 N–H and O–H groups in total. The molecule has 5 nitrogen and oxygen atoms in total. The molecule has 26 heavy (non-hydrogen) atoms. The molecule has 144 valence electrons. The van der Waals surface area contributed by atoms with Gasteiger partial charge in [0.25, 0.3) is 0 Å². The predicted octanol–water partition coefficient (Wildman–Crippen LogP) is 2.73. The number of halogens is 1. The number of carbonyl (C=O) groups is 1. The average Bonchev–Trinajstić information content (AvgIpc) is 3.12. The van der Waals surface area contributed by atoms with E-state index in [2.05, 4.69) is 15.6 Å². The quantitative estimate of drug-likeness (QED) is 0.331. The van der Waals surface area contributed by atoms with Gasteiger partial charge in [-0.25, -0.2) is 4.39 Å². The Kier molecular flexibility index (Phi) is 7.75. The largest absolute Gasteiger partial charge is 0.356 e. The molecule has 7 heteroatoms. The Balaban J connectivity index is 1.78. The van der Waals surface area contributed by atoms with Gasteiger partial charge in [-0.15, -0.1) is 11.8 Å². The van der Waals surface area contributed by atoms with E-state index in [0.29, 0.717) is 12.5 Å². The van der Waals surface area contributed by atoms with Gasteiger partial charge < -0.3 is 15.5 Å². The van der Waals surface area contributed by atoms with E-state index in [1.54, 1.807) is 35.8 Å². The lowest BCUT2D eigenvalue weighted by Gasteiger charge is -2.31. The van der Waals surface area contributed by atoms with Crippen LogP contribution in [0.3, 0.4) is 0 Å². The summed E-state index contributed by atoms with van der Waals surface area (Å²) < 4.78 is 12.9. The van der Waals surface area contributed by atoms with E-state index in [9.17, 15) is 9.18 Å². The molecular weight excluding hydrogens is 351 g/mol. The first kappa shape index (κ1) is 20.6. The van der Waals surface area contributed by atoms with Crippen LogP contribution in [0, 0.1) is 11.2 Å². The lowest BCUT2D eigenvalue weighted by atomic mass is 9.84. The van der Waals surface area contributed by atoms with Crippen molar-refractivity contribution in [1.82, 2.24) is 15.5 Å². The number of thioether (sulfide) groups is 1. The summed E-state index contributed by atoms with van der Waals surface area (Å²) in [5, 5.41) is 6.61. The molecule has 0 aromatic heterocycles. The van der Waals surface area contributed by atoms with Crippen LogP contribution >= 0.6 is 11.8 Å². The van der Waals surface area contributed by atoms with Crippen LogP contribution in [0.2, 0.25) is 0 Å². The van der Waals surface area contributed by atoms with Gasteiger partial charge in [0.1, 0.15) is 5.82 Å². The molecule has 0 heterocycles. The van der Waals surface area contributed by atoms with Crippen molar-refractivity contribution in [3.8, 4) is 0 Å². The topological polar surface area (TPSA) is 56.7 Å². The highest BCUT2D eigenvalue weighted by Gasteiger charge is 2.42. The Morgan fingerprint density at radius 1 is 1.23 bits per heavy atom. The smallest absolute Gasteiger partial charge is 0.230 e. The summed E-state index contributed by atoms with van der Waals surface area (Å²) in [5.74, 6) is 1.53. The summed E-state index contributed by atoms with van der Waals surface area (Å²) in [4.78, 5) is 19.6. The number of nitrogens with one attached hydrogen (secondary N) is 2. The highest BCUT2D eigenvalue weighted by atomic mass is 32.2. The summed E-state index contributed by atoms with van der Waals surface area (Å²) in [5.41, 5.74) is -0.315. The van der Waals surface area contributed by atoms with Gasteiger partial charge in [0, 0.05) is 44.9 Å². The number of nitrogens with zero attached hydrogens (tertiary/aromatic N) is 2. The number of hydrogen-bond acceptors (Lipinski definition) is 3. The number of aliphatic imine (C=N–C) groups is 1. The van der Waals surface area contributed by atoms with E-state index in [4.69, 9.17) is 0 Å². The van der Waals surface area contributed by atoms with Crippen molar-refractivity contribution >= 4 is 23.6 Å². The van der Waals surface area contributed by atoms with Crippen LogP contribution in [-0.4, -0.2) is 56.8 Å². The van der Waals surface area contributed by atoms with E-state index in [1.807, 2.05) is 14.1 Å². The Labute approximate surface area is 159 Å². The van der Waals surface area contributed by atoms with Gasteiger partial charge >= 0.3 is 0 Å². The first-order valence-electron chi connectivity index (χ1n) is 9.01. The fourth-order valence-corrected chi connectivity index (χ4v) is 4.10. The van der Waals surface area contributed by atoms with E-state index in [1.165, 1.54) is 12.1 Å². The molecule has 0 unspecified atom stereocenters. The molecule has 1 fully saturated rings.